The molecular weight excluding hydrogens is 170 g/mol. The van der Waals surface area contributed by atoms with Gasteiger partial charge in [-0.3, -0.25) is 0 Å². The first-order chi connectivity index (χ1) is 6.04. The Bertz CT molecular complexity index is 299. The third-order valence-electron chi connectivity index (χ3n) is 1.92. The van der Waals surface area contributed by atoms with E-state index >= 15 is 0 Å². The highest BCUT2D eigenvalue weighted by Crippen LogP contribution is 2.32. The molecule has 0 spiro atoms. The molecule has 5 N–H and O–H groups in total. The highest BCUT2D eigenvalue weighted by molar-refractivity contribution is 5.46. The Labute approximate surface area is 76.2 Å². The van der Waals surface area contributed by atoms with Crippen LogP contribution in [0.3, 0.4) is 0 Å². The lowest BCUT2D eigenvalue weighted by molar-refractivity contribution is 0.162. The van der Waals surface area contributed by atoms with Crippen LogP contribution in [0.1, 0.15) is 18.5 Å². The van der Waals surface area contributed by atoms with Gasteiger partial charge in [-0.05, 0) is 13.0 Å². The van der Waals surface area contributed by atoms with Crippen LogP contribution in [-0.4, -0.2) is 21.4 Å². The van der Waals surface area contributed by atoms with E-state index in [4.69, 9.17) is 10.8 Å². The summed E-state index contributed by atoms with van der Waals surface area (Å²) in [5.41, 5.74) is 5.93. The van der Waals surface area contributed by atoms with Crippen molar-refractivity contribution < 1.29 is 15.3 Å². The minimum Gasteiger partial charge on any atom is -0.504 e. The maximum Gasteiger partial charge on any atom is 0.162 e. The van der Waals surface area contributed by atoms with Crippen molar-refractivity contribution >= 4 is 0 Å². The second-order valence-electron chi connectivity index (χ2n) is 2.98. The zero-order chi connectivity index (χ0) is 10.0. The zero-order valence-electron chi connectivity index (χ0n) is 7.31. The molecule has 0 saturated carbocycles. The lowest BCUT2D eigenvalue weighted by Gasteiger charge is -2.16. The number of rotatable bonds is 2. The SMILES string of the molecule is C[C@@H](O)[C@@H](N)c1cccc(O)c1O. The highest BCUT2D eigenvalue weighted by Gasteiger charge is 2.17. The molecule has 2 atom stereocenters. The maximum absolute atomic E-state index is 9.38. The van der Waals surface area contributed by atoms with E-state index in [-0.39, 0.29) is 11.5 Å². The predicted octanol–water partition coefficient (Wildman–Crippen LogP) is 0.478. The van der Waals surface area contributed by atoms with Gasteiger partial charge in [-0.15, -0.1) is 0 Å². The van der Waals surface area contributed by atoms with Crippen LogP contribution in [0.15, 0.2) is 18.2 Å². The maximum atomic E-state index is 9.38. The van der Waals surface area contributed by atoms with Crippen LogP contribution in [0.5, 0.6) is 11.5 Å². The number of para-hydroxylation sites is 1. The summed E-state index contributed by atoms with van der Waals surface area (Å²) in [7, 11) is 0. The standard InChI is InChI=1S/C9H13NO3/c1-5(11)8(10)6-3-2-4-7(12)9(6)13/h2-5,8,11-13H,10H2,1H3/t5-,8-/m1/s1. The van der Waals surface area contributed by atoms with Crippen molar-refractivity contribution in [1.29, 1.82) is 0 Å². The number of hydrogen-bond donors (Lipinski definition) is 4. The highest BCUT2D eigenvalue weighted by atomic mass is 16.3. The molecule has 0 heterocycles. The van der Waals surface area contributed by atoms with Gasteiger partial charge < -0.3 is 21.1 Å². The van der Waals surface area contributed by atoms with Crippen molar-refractivity contribution in [3.8, 4) is 11.5 Å². The van der Waals surface area contributed by atoms with Gasteiger partial charge in [0.05, 0.1) is 12.1 Å². The Morgan fingerprint density at radius 3 is 2.46 bits per heavy atom. The number of aliphatic hydroxyl groups is 1. The molecule has 0 aromatic heterocycles. The molecule has 4 heteroatoms. The number of aliphatic hydroxyl groups excluding tert-OH is 1. The quantitative estimate of drug-likeness (QED) is 0.502. The van der Waals surface area contributed by atoms with Crippen LogP contribution in [0.4, 0.5) is 0 Å². The Hall–Kier alpha value is -1.26. The molecular formula is C9H13NO3. The minimum absolute atomic E-state index is 0.228. The van der Waals surface area contributed by atoms with Gasteiger partial charge in [-0.25, -0.2) is 0 Å². The molecule has 1 aromatic rings. The van der Waals surface area contributed by atoms with Gasteiger partial charge in [0.2, 0.25) is 0 Å². The van der Waals surface area contributed by atoms with Crippen molar-refractivity contribution in [1.82, 2.24) is 0 Å². The fourth-order valence-electron chi connectivity index (χ4n) is 1.08. The Morgan fingerprint density at radius 1 is 1.31 bits per heavy atom. The monoisotopic (exact) mass is 183 g/mol. The van der Waals surface area contributed by atoms with Crippen LogP contribution in [0, 0.1) is 0 Å². The Balaban J connectivity index is 3.07. The van der Waals surface area contributed by atoms with Crippen LogP contribution < -0.4 is 5.73 Å². The van der Waals surface area contributed by atoms with Gasteiger partial charge in [0, 0.05) is 5.56 Å². The summed E-state index contributed by atoms with van der Waals surface area (Å²) < 4.78 is 0. The summed E-state index contributed by atoms with van der Waals surface area (Å²) in [5.74, 6) is -0.496. The molecule has 0 amide bonds. The summed E-state index contributed by atoms with van der Waals surface area (Å²) in [6.45, 7) is 1.52. The van der Waals surface area contributed by atoms with E-state index < -0.39 is 12.1 Å². The van der Waals surface area contributed by atoms with Crippen molar-refractivity contribution in [2.45, 2.75) is 19.1 Å². The molecule has 0 fully saturated rings. The third-order valence-corrected chi connectivity index (χ3v) is 1.92. The number of benzene rings is 1. The lowest BCUT2D eigenvalue weighted by atomic mass is 10.0. The fourth-order valence-corrected chi connectivity index (χ4v) is 1.08. The summed E-state index contributed by atoms with van der Waals surface area (Å²) in [6.07, 6.45) is -0.771. The van der Waals surface area contributed by atoms with E-state index in [0.717, 1.165) is 0 Å². The summed E-state index contributed by atoms with van der Waals surface area (Å²) in [5, 5.41) is 27.7. The number of phenolic OH excluding ortho intramolecular Hbond substituents is 2. The smallest absolute Gasteiger partial charge is 0.162 e. The second-order valence-corrected chi connectivity index (χ2v) is 2.98. The van der Waals surface area contributed by atoms with Gasteiger partial charge in [0.15, 0.2) is 11.5 Å². The van der Waals surface area contributed by atoms with Gasteiger partial charge in [-0.1, -0.05) is 12.1 Å². The average Bonchev–Trinajstić information content (AvgIpc) is 2.08. The molecule has 1 rings (SSSR count). The first-order valence-electron chi connectivity index (χ1n) is 3.98. The molecule has 0 aliphatic rings. The van der Waals surface area contributed by atoms with Gasteiger partial charge in [0.1, 0.15) is 0 Å². The number of phenols is 2. The van der Waals surface area contributed by atoms with E-state index in [1.54, 1.807) is 12.1 Å². The molecule has 13 heavy (non-hydrogen) atoms. The number of hydrogen-bond acceptors (Lipinski definition) is 4. The van der Waals surface area contributed by atoms with E-state index in [1.165, 1.54) is 13.0 Å². The van der Waals surface area contributed by atoms with E-state index in [0.29, 0.717) is 5.56 Å². The number of nitrogens with two attached hydrogens (primary N) is 1. The second kappa shape index (κ2) is 3.64. The fraction of sp³-hybridized carbons (Fsp3) is 0.333. The van der Waals surface area contributed by atoms with Crippen molar-refractivity contribution in [3.63, 3.8) is 0 Å². The molecule has 0 unspecified atom stereocenters. The third kappa shape index (κ3) is 1.91. The van der Waals surface area contributed by atoms with Crippen LogP contribution >= 0.6 is 0 Å². The summed E-state index contributed by atoms with van der Waals surface area (Å²) in [4.78, 5) is 0. The van der Waals surface area contributed by atoms with Crippen molar-refractivity contribution in [3.05, 3.63) is 23.8 Å². The largest absolute Gasteiger partial charge is 0.504 e. The van der Waals surface area contributed by atoms with Gasteiger partial charge >= 0.3 is 0 Å². The first kappa shape index (κ1) is 9.83. The molecule has 4 nitrogen and oxygen atoms in total. The molecule has 0 aliphatic carbocycles. The normalized spacial score (nSPS) is 15.3. The Morgan fingerprint density at radius 2 is 1.92 bits per heavy atom. The number of aromatic hydroxyl groups is 2. The molecule has 0 radical (unpaired) electrons. The average molecular weight is 183 g/mol. The zero-order valence-corrected chi connectivity index (χ0v) is 7.31. The van der Waals surface area contributed by atoms with Crippen LogP contribution in [0.25, 0.3) is 0 Å². The van der Waals surface area contributed by atoms with Gasteiger partial charge in [-0.2, -0.15) is 0 Å². The van der Waals surface area contributed by atoms with Crippen LogP contribution in [0.2, 0.25) is 0 Å². The molecule has 0 saturated heterocycles. The summed E-state index contributed by atoms with van der Waals surface area (Å²) in [6, 6.07) is 3.79. The topological polar surface area (TPSA) is 86.7 Å². The molecule has 72 valence electrons. The molecule has 1 aromatic carbocycles. The summed E-state index contributed by atoms with van der Waals surface area (Å²) >= 11 is 0. The Kier molecular flexibility index (Phi) is 2.75. The minimum atomic E-state index is -0.771. The van der Waals surface area contributed by atoms with Crippen LogP contribution in [-0.2, 0) is 0 Å². The van der Waals surface area contributed by atoms with Crippen molar-refractivity contribution in [2.24, 2.45) is 5.73 Å². The first-order valence-corrected chi connectivity index (χ1v) is 3.98. The lowest BCUT2D eigenvalue weighted by Crippen LogP contribution is -2.23. The predicted molar refractivity (Wildman–Crippen MR) is 48.4 cm³/mol. The van der Waals surface area contributed by atoms with E-state index in [1.807, 2.05) is 0 Å². The van der Waals surface area contributed by atoms with E-state index in [9.17, 15) is 10.2 Å². The molecule has 0 aliphatic heterocycles. The van der Waals surface area contributed by atoms with Crippen molar-refractivity contribution in [2.75, 3.05) is 0 Å². The molecule has 0 bridgehead atoms. The van der Waals surface area contributed by atoms with E-state index in [2.05, 4.69) is 0 Å². The van der Waals surface area contributed by atoms with Gasteiger partial charge in [0.25, 0.3) is 0 Å².